The molecule has 6 aliphatic rings. The second kappa shape index (κ2) is 17.9. The summed E-state index contributed by atoms with van der Waals surface area (Å²) < 4.78 is 0. The lowest BCUT2D eigenvalue weighted by Gasteiger charge is -2.51. The number of anilines is 16. The van der Waals surface area contributed by atoms with Gasteiger partial charge in [0.25, 0.3) is 13.4 Å². The summed E-state index contributed by atoms with van der Waals surface area (Å²) in [6.07, 6.45) is 4.09. The number of rotatable bonds is 8. The van der Waals surface area contributed by atoms with E-state index in [9.17, 15) is 0 Å². The third-order valence-corrected chi connectivity index (χ3v) is 17.9. The Morgan fingerprint density at radius 2 is 0.713 bits per heavy atom. The van der Waals surface area contributed by atoms with Gasteiger partial charge in [0.1, 0.15) is 0 Å². The van der Waals surface area contributed by atoms with Gasteiger partial charge in [-0.2, -0.15) is 0 Å². The van der Waals surface area contributed by atoms with E-state index >= 15 is 0 Å². The Morgan fingerprint density at radius 3 is 1.25 bits per heavy atom. The van der Waals surface area contributed by atoms with E-state index in [1.54, 1.807) is 0 Å². The summed E-state index contributed by atoms with van der Waals surface area (Å²) in [7, 11) is 0. The third kappa shape index (κ3) is 6.62. The molecule has 0 bridgehead atoms. The van der Waals surface area contributed by atoms with Crippen LogP contribution in [0.3, 0.4) is 0 Å². The van der Waals surface area contributed by atoms with Crippen molar-refractivity contribution in [1.29, 1.82) is 0 Å². The molecular weight excluding hydrogens is 970 g/mol. The summed E-state index contributed by atoms with van der Waals surface area (Å²) in [6.45, 7) is 1.87. The predicted octanol–water partition coefficient (Wildman–Crippen LogP) is 14.0. The molecule has 0 atom stereocenters. The maximum Gasteiger partial charge on any atom is 0.252 e. The average molecular weight is 1020 g/mol. The maximum absolute atomic E-state index is 2.83. The smallest absolute Gasteiger partial charge is 0.252 e. The van der Waals surface area contributed by atoms with Crippen LogP contribution >= 0.6 is 0 Å². The quantitative estimate of drug-likeness (QED) is 0.140. The molecule has 11 aromatic rings. The average Bonchev–Trinajstić information content (AvgIpc) is 3.67. The summed E-state index contributed by atoms with van der Waals surface area (Å²) in [5.41, 5.74) is 31.0. The molecule has 6 nitrogen and oxygen atoms in total. The minimum atomic E-state index is -0.00868. The molecule has 8 heteroatoms. The molecule has 0 saturated heterocycles. The first-order valence-corrected chi connectivity index (χ1v) is 28.6. The van der Waals surface area contributed by atoms with E-state index in [2.05, 4.69) is 284 Å². The van der Waals surface area contributed by atoms with Gasteiger partial charge in [0, 0.05) is 92.7 Å². The van der Waals surface area contributed by atoms with Crippen LogP contribution in [0.25, 0.3) is 0 Å². The molecule has 6 heterocycles. The molecule has 80 heavy (non-hydrogen) atoms. The van der Waals surface area contributed by atoms with Crippen molar-refractivity contribution in [3.8, 4) is 0 Å². The van der Waals surface area contributed by atoms with E-state index in [1.165, 1.54) is 101 Å². The normalized spacial score (nSPS) is 14.6. The minimum Gasteiger partial charge on any atom is -0.342 e. The zero-order valence-electron chi connectivity index (χ0n) is 44.3. The van der Waals surface area contributed by atoms with Gasteiger partial charge in [-0.3, -0.25) is 0 Å². The second-order valence-electron chi connectivity index (χ2n) is 22.1. The zero-order valence-corrected chi connectivity index (χ0v) is 44.3. The zero-order chi connectivity index (χ0) is 52.4. The maximum atomic E-state index is 2.83. The molecule has 0 aromatic heterocycles. The van der Waals surface area contributed by atoms with Gasteiger partial charge in [-0.1, -0.05) is 152 Å². The van der Waals surface area contributed by atoms with E-state index < -0.39 is 0 Å². The Labute approximate surface area is 468 Å². The molecule has 0 radical (unpaired) electrons. The second-order valence-corrected chi connectivity index (χ2v) is 22.1. The molecule has 0 amide bonds. The third-order valence-electron chi connectivity index (χ3n) is 17.9. The molecule has 378 valence electrons. The number of hydrogen-bond acceptors (Lipinski definition) is 6. The highest BCUT2D eigenvalue weighted by Crippen LogP contribution is 2.54. The van der Waals surface area contributed by atoms with Crippen LogP contribution in [0, 0.1) is 0 Å². The lowest BCUT2D eigenvalue weighted by Crippen LogP contribution is -2.67. The number of hydrogen-bond donors (Lipinski definition) is 0. The molecule has 0 unspecified atom stereocenters. The van der Waals surface area contributed by atoms with E-state index in [1.807, 2.05) is 0 Å². The molecule has 6 aliphatic heterocycles. The molecule has 17 rings (SSSR count). The van der Waals surface area contributed by atoms with Gasteiger partial charge in [0.2, 0.25) is 0 Å². The van der Waals surface area contributed by atoms with E-state index in [4.69, 9.17) is 0 Å². The van der Waals surface area contributed by atoms with Crippen molar-refractivity contribution in [3.63, 3.8) is 0 Å². The lowest BCUT2D eigenvalue weighted by atomic mass is 9.29. The first-order valence-electron chi connectivity index (χ1n) is 28.6. The Bertz CT molecular complexity index is 4160. The summed E-state index contributed by atoms with van der Waals surface area (Å²) in [6, 6.07) is 95.0. The molecule has 0 saturated carbocycles. The topological polar surface area (TPSA) is 19.4 Å². The van der Waals surface area contributed by atoms with E-state index in [-0.39, 0.29) is 13.4 Å². The number of nitrogens with zero attached hydrogens (tertiary/aromatic N) is 6. The van der Waals surface area contributed by atoms with Gasteiger partial charge >= 0.3 is 0 Å². The van der Waals surface area contributed by atoms with E-state index in [0.717, 1.165) is 72.9 Å². The van der Waals surface area contributed by atoms with Crippen LogP contribution in [0.15, 0.2) is 255 Å². The van der Waals surface area contributed by atoms with Gasteiger partial charge in [-0.05, 0) is 173 Å². The molecule has 11 aromatic carbocycles. The first kappa shape index (κ1) is 45.4. The molecular formula is C72H54B2N6. The van der Waals surface area contributed by atoms with Crippen LogP contribution in [0.2, 0.25) is 0 Å². The molecule has 0 N–H and O–H groups in total. The standard InChI is InChI=1S/C72H54B2N6/c1-7-25-49(26-8-1)77(50-27-9-2-10-28-50)55-45-65-68-66(46-55)79(53-33-15-5-16-34-53)62-41-21-19-39-58(62)73(68)60-47-61-71(57-38-24-43-75(65)70(57)60)76-44-23-37-56-64(78(51-29-11-3-12-30-51)52-31-13-4-14-32-52)48-67-69(72(56)76)74(61)59-40-20-22-42-63(59)80(67)54-35-17-6-18-36-54/h1-22,25-36,39-42,45-48H,23-24,37-38,43-44H2. The number of benzene rings is 11. The van der Waals surface area contributed by atoms with Crippen LogP contribution in [-0.2, 0) is 12.8 Å². The van der Waals surface area contributed by atoms with Crippen LogP contribution in [-0.4, -0.2) is 26.5 Å². The van der Waals surface area contributed by atoms with Gasteiger partial charge in [0.15, 0.2) is 0 Å². The molecule has 0 spiro atoms. The summed E-state index contributed by atoms with van der Waals surface area (Å²) in [5.74, 6) is 0. The van der Waals surface area contributed by atoms with Crippen LogP contribution in [0.4, 0.5) is 91.0 Å². The van der Waals surface area contributed by atoms with Crippen molar-refractivity contribution < 1.29 is 0 Å². The summed E-state index contributed by atoms with van der Waals surface area (Å²) in [4.78, 5) is 15.7. The highest BCUT2D eigenvalue weighted by atomic mass is 15.2. The largest absolute Gasteiger partial charge is 0.342 e. The van der Waals surface area contributed by atoms with Gasteiger partial charge in [-0.25, -0.2) is 0 Å². The molecule has 0 aliphatic carbocycles. The van der Waals surface area contributed by atoms with Gasteiger partial charge in [-0.15, -0.1) is 0 Å². The Morgan fingerprint density at radius 1 is 0.300 bits per heavy atom. The van der Waals surface area contributed by atoms with Gasteiger partial charge in [0.05, 0.1) is 11.4 Å². The van der Waals surface area contributed by atoms with Crippen LogP contribution in [0.1, 0.15) is 24.0 Å². The van der Waals surface area contributed by atoms with E-state index in [0.29, 0.717) is 0 Å². The Hall–Kier alpha value is -9.65. The summed E-state index contributed by atoms with van der Waals surface area (Å²) >= 11 is 0. The van der Waals surface area contributed by atoms with Crippen molar-refractivity contribution >= 4 is 137 Å². The minimum absolute atomic E-state index is 0.000312. The fourth-order valence-electron chi connectivity index (χ4n) is 14.9. The SMILES string of the molecule is c1ccc(N(c2ccccc2)c2cc3c4c(c2)N(c2ccccc2)c2ccccc2B4c2cc4c(c5c2N3CCC5)N2CCCc3c(N(c5ccccc5)c5ccccc5)cc5c(c32)B4c2ccccc2N5c2ccccc2)cc1. The van der Waals surface area contributed by atoms with Crippen molar-refractivity contribution in [1.82, 2.24) is 0 Å². The summed E-state index contributed by atoms with van der Waals surface area (Å²) in [5, 5.41) is 0. The highest BCUT2D eigenvalue weighted by Gasteiger charge is 2.51. The Balaban J connectivity index is 0.964. The lowest BCUT2D eigenvalue weighted by molar-refractivity contribution is 0.744. The van der Waals surface area contributed by atoms with Crippen molar-refractivity contribution in [2.24, 2.45) is 0 Å². The van der Waals surface area contributed by atoms with Gasteiger partial charge < -0.3 is 29.4 Å². The number of para-hydroxylation sites is 8. The van der Waals surface area contributed by atoms with Crippen LogP contribution in [0.5, 0.6) is 0 Å². The van der Waals surface area contributed by atoms with Crippen molar-refractivity contribution in [2.45, 2.75) is 25.7 Å². The monoisotopic (exact) mass is 1020 g/mol. The van der Waals surface area contributed by atoms with Crippen molar-refractivity contribution in [2.75, 3.05) is 42.5 Å². The fraction of sp³-hybridized carbons (Fsp3) is 0.0833. The predicted molar refractivity (Wildman–Crippen MR) is 338 cm³/mol. The fourth-order valence-corrected chi connectivity index (χ4v) is 14.9. The van der Waals surface area contributed by atoms with Crippen LogP contribution < -0.4 is 62.2 Å². The molecule has 0 fully saturated rings. The highest BCUT2D eigenvalue weighted by molar-refractivity contribution is 7.03. The number of fused-ring (bicyclic) bond motifs is 10. The first-order chi connectivity index (χ1) is 39.8. The van der Waals surface area contributed by atoms with Crippen molar-refractivity contribution in [3.05, 3.63) is 266 Å². The Kier molecular flexibility index (Phi) is 10.2.